The standard InChI is InChI=1S/C14H21NO2/c1-11(14(16)15-2)9-13(17-3)10-12-7-5-4-6-8-12/h4-5,7,9,11H,6,8,10H2,1-3H3,(H,15,16)/b13-9-. The first-order valence-electron chi connectivity index (χ1n) is 5.98. The normalized spacial score (nSPS) is 17.4. The highest BCUT2D eigenvalue weighted by Crippen LogP contribution is 2.21. The summed E-state index contributed by atoms with van der Waals surface area (Å²) in [5.41, 5.74) is 1.35. The number of methoxy groups -OCH3 is 1. The summed E-state index contributed by atoms with van der Waals surface area (Å²) in [6, 6.07) is 0. The quantitative estimate of drug-likeness (QED) is 0.744. The lowest BCUT2D eigenvalue weighted by Crippen LogP contribution is -2.24. The SMILES string of the molecule is CNC(=O)C(C)/C=C(/CC1=CC=CCC1)OC. The molecule has 17 heavy (non-hydrogen) atoms. The maximum atomic E-state index is 11.4. The summed E-state index contributed by atoms with van der Waals surface area (Å²) in [6.07, 6.45) is 11.2. The fourth-order valence-corrected chi connectivity index (χ4v) is 1.80. The predicted molar refractivity (Wildman–Crippen MR) is 69.4 cm³/mol. The third-order valence-electron chi connectivity index (χ3n) is 2.86. The van der Waals surface area contributed by atoms with Crippen molar-refractivity contribution in [3.05, 3.63) is 35.6 Å². The Kier molecular flexibility index (Phi) is 5.53. The Morgan fingerprint density at radius 1 is 1.65 bits per heavy atom. The number of hydrogen-bond acceptors (Lipinski definition) is 2. The first-order chi connectivity index (χ1) is 8.17. The Hall–Kier alpha value is -1.51. The molecule has 1 amide bonds. The van der Waals surface area contributed by atoms with E-state index in [9.17, 15) is 4.79 Å². The van der Waals surface area contributed by atoms with Crippen LogP contribution in [-0.2, 0) is 9.53 Å². The fraction of sp³-hybridized carbons (Fsp3) is 0.500. The molecule has 0 saturated carbocycles. The molecule has 0 aliphatic heterocycles. The molecule has 0 heterocycles. The summed E-state index contributed by atoms with van der Waals surface area (Å²) in [7, 11) is 3.30. The van der Waals surface area contributed by atoms with Crippen molar-refractivity contribution in [1.82, 2.24) is 5.32 Å². The van der Waals surface area contributed by atoms with Crippen molar-refractivity contribution >= 4 is 5.91 Å². The number of ether oxygens (including phenoxy) is 1. The largest absolute Gasteiger partial charge is 0.501 e. The van der Waals surface area contributed by atoms with Crippen molar-refractivity contribution in [2.45, 2.75) is 26.2 Å². The lowest BCUT2D eigenvalue weighted by molar-refractivity contribution is -0.122. The second kappa shape index (κ2) is 6.94. The van der Waals surface area contributed by atoms with E-state index in [0.29, 0.717) is 0 Å². The first-order valence-corrected chi connectivity index (χ1v) is 5.98. The van der Waals surface area contributed by atoms with Gasteiger partial charge in [-0.25, -0.2) is 0 Å². The summed E-state index contributed by atoms with van der Waals surface area (Å²) in [5, 5.41) is 2.63. The highest BCUT2D eigenvalue weighted by molar-refractivity contribution is 5.79. The lowest BCUT2D eigenvalue weighted by Gasteiger charge is -2.13. The number of nitrogens with one attached hydrogen (secondary N) is 1. The van der Waals surface area contributed by atoms with Gasteiger partial charge in [-0.2, -0.15) is 0 Å². The molecular formula is C14H21NO2. The molecule has 0 bridgehead atoms. The van der Waals surface area contributed by atoms with Crippen molar-refractivity contribution < 1.29 is 9.53 Å². The Labute approximate surface area is 103 Å². The monoisotopic (exact) mass is 235 g/mol. The third kappa shape index (κ3) is 4.47. The average molecular weight is 235 g/mol. The number of amides is 1. The third-order valence-corrected chi connectivity index (χ3v) is 2.86. The molecule has 0 aromatic rings. The minimum Gasteiger partial charge on any atom is -0.501 e. The van der Waals surface area contributed by atoms with Crippen LogP contribution in [0.1, 0.15) is 26.2 Å². The van der Waals surface area contributed by atoms with Gasteiger partial charge in [-0.3, -0.25) is 4.79 Å². The minimum absolute atomic E-state index is 0.0112. The van der Waals surface area contributed by atoms with Crippen molar-refractivity contribution in [1.29, 1.82) is 0 Å². The summed E-state index contributed by atoms with van der Waals surface area (Å²) in [4.78, 5) is 11.4. The van der Waals surface area contributed by atoms with Crippen LogP contribution in [0.3, 0.4) is 0 Å². The smallest absolute Gasteiger partial charge is 0.226 e. The maximum absolute atomic E-state index is 11.4. The van der Waals surface area contributed by atoms with E-state index in [1.165, 1.54) is 5.57 Å². The van der Waals surface area contributed by atoms with Gasteiger partial charge in [0.05, 0.1) is 18.8 Å². The Morgan fingerprint density at radius 3 is 2.94 bits per heavy atom. The number of carbonyl (C=O) groups excluding carboxylic acids is 1. The van der Waals surface area contributed by atoms with Gasteiger partial charge in [-0.1, -0.05) is 23.8 Å². The topological polar surface area (TPSA) is 38.3 Å². The summed E-state index contributed by atoms with van der Waals surface area (Å²) >= 11 is 0. The van der Waals surface area contributed by atoms with E-state index in [1.807, 2.05) is 13.0 Å². The van der Waals surface area contributed by atoms with E-state index in [0.717, 1.165) is 25.0 Å². The molecule has 3 nitrogen and oxygen atoms in total. The molecule has 0 saturated heterocycles. The van der Waals surface area contributed by atoms with Crippen LogP contribution in [0.15, 0.2) is 35.6 Å². The van der Waals surface area contributed by atoms with Crippen molar-refractivity contribution in [3.63, 3.8) is 0 Å². The van der Waals surface area contributed by atoms with Crippen molar-refractivity contribution in [2.24, 2.45) is 5.92 Å². The number of rotatable bonds is 5. The number of allylic oxidation sites excluding steroid dienone is 4. The molecule has 1 unspecified atom stereocenters. The molecule has 1 rings (SSSR count). The summed E-state index contributed by atoms with van der Waals surface area (Å²) in [5.74, 6) is 0.717. The highest BCUT2D eigenvalue weighted by atomic mass is 16.5. The zero-order valence-corrected chi connectivity index (χ0v) is 10.8. The van der Waals surface area contributed by atoms with Crippen LogP contribution in [0.25, 0.3) is 0 Å². The molecular weight excluding hydrogens is 214 g/mol. The van der Waals surface area contributed by atoms with Crippen LogP contribution < -0.4 is 5.32 Å². The Balaban J connectivity index is 2.64. The van der Waals surface area contributed by atoms with Gasteiger partial charge in [0.2, 0.25) is 5.91 Å². The van der Waals surface area contributed by atoms with Crippen LogP contribution in [0.2, 0.25) is 0 Å². The van der Waals surface area contributed by atoms with E-state index < -0.39 is 0 Å². The Morgan fingerprint density at radius 2 is 2.41 bits per heavy atom. The average Bonchev–Trinajstić information content (AvgIpc) is 2.38. The minimum atomic E-state index is -0.158. The molecule has 0 aromatic carbocycles. The molecule has 1 N–H and O–H groups in total. The van der Waals surface area contributed by atoms with E-state index in [-0.39, 0.29) is 11.8 Å². The van der Waals surface area contributed by atoms with Crippen LogP contribution in [0.5, 0.6) is 0 Å². The van der Waals surface area contributed by atoms with Crippen LogP contribution in [-0.4, -0.2) is 20.1 Å². The second-order valence-electron chi connectivity index (χ2n) is 4.21. The molecule has 3 heteroatoms. The van der Waals surface area contributed by atoms with Crippen molar-refractivity contribution in [2.75, 3.05) is 14.2 Å². The molecule has 1 aliphatic rings. The maximum Gasteiger partial charge on any atom is 0.226 e. The van der Waals surface area contributed by atoms with Gasteiger partial charge < -0.3 is 10.1 Å². The molecule has 0 radical (unpaired) electrons. The molecule has 1 aliphatic carbocycles. The van der Waals surface area contributed by atoms with E-state index in [4.69, 9.17) is 4.74 Å². The van der Waals surface area contributed by atoms with Gasteiger partial charge in [-0.15, -0.1) is 0 Å². The highest BCUT2D eigenvalue weighted by Gasteiger charge is 2.11. The zero-order chi connectivity index (χ0) is 12.7. The molecule has 94 valence electrons. The molecule has 0 aromatic heterocycles. The van der Waals surface area contributed by atoms with Gasteiger partial charge in [-0.05, 0) is 25.8 Å². The van der Waals surface area contributed by atoms with Gasteiger partial charge >= 0.3 is 0 Å². The summed E-state index contributed by atoms with van der Waals surface area (Å²) in [6.45, 7) is 1.87. The van der Waals surface area contributed by atoms with E-state index >= 15 is 0 Å². The van der Waals surface area contributed by atoms with Crippen LogP contribution in [0, 0.1) is 5.92 Å². The first kappa shape index (κ1) is 13.6. The number of hydrogen-bond donors (Lipinski definition) is 1. The van der Waals surface area contributed by atoms with Gasteiger partial charge in [0.25, 0.3) is 0 Å². The predicted octanol–water partition coefficient (Wildman–Crippen LogP) is 2.57. The fourth-order valence-electron chi connectivity index (χ4n) is 1.80. The second-order valence-corrected chi connectivity index (χ2v) is 4.21. The molecule has 0 fully saturated rings. The number of carbonyl (C=O) groups is 1. The molecule has 0 spiro atoms. The van der Waals surface area contributed by atoms with Gasteiger partial charge in [0.1, 0.15) is 0 Å². The van der Waals surface area contributed by atoms with E-state index in [2.05, 4.69) is 23.5 Å². The van der Waals surface area contributed by atoms with Crippen molar-refractivity contribution in [3.8, 4) is 0 Å². The van der Waals surface area contributed by atoms with Gasteiger partial charge in [0, 0.05) is 13.5 Å². The van der Waals surface area contributed by atoms with Crippen LogP contribution >= 0.6 is 0 Å². The lowest BCUT2D eigenvalue weighted by atomic mass is 9.99. The summed E-state index contributed by atoms with van der Waals surface area (Å²) < 4.78 is 5.33. The van der Waals surface area contributed by atoms with Gasteiger partial charge in [0.15, 0.2) is 0 Å². The Bertz CT molecular complexity index is 353. The zero-order valence-electron chi connectivity index (χ0n) is 10.8. The molecule has 1 atom stereocenters. The van der Waals surface area contributed by atoms with E-state index in [1.54, 1.807) is 14.2 Å². The van der Waals surface area contributed by atoms with Crippen LogP contribution in [0.4, 0.5) is 0 Å².